The molecule has 1 aromatic rings. The highest BCUT2D eigenvalue weighted by atomic mass is 35.7. The van der Waals surface area contributed by atoms with Crippen molar-refractivity contribution in [2.75, 3.05) is 5.75 Å². The Morgan fingerprint density at radius 3 is 2.44 bits per heavy atom. The summed E-state index contributed by atoms with van der Waals surface area (Å²) in [7, 11) is 1.74. The topological polar surface area (TPSA) is 34.1 Å². The summed E-state index contributed by atoms with van der Waals surface area (Å²) in [6, 6.07) is 6.39. The first-order valence-corrected chi connectivity index (χ1v) is 8.62. The molecule has 0 bridgehead atoms. The van der Waals surface area contributed by atoms with E-state index in [1.807, 2.05) is 0 Å². The van der Waals surface area contributed by atoms with E-state index < -0.39 is 9.05 Å². The SMILES string of the molecule is O=S(=O)(Cl)CC(c1ccccc1F)C1CCCC1. The largest absolute Gasteiger partial charge is 0.233 e. The molecule has 0 N–H and O–H groups in total. The minimum Gasteiger partial charge on any atom is -0.212 e. The molecule has 1 unspecified atom stereocenters. The molecule has 2 nitrogen and oxygen atoms in total. The number of halogens is 2. The summed E-state index contributed by atoms with van der Waals surface area (Å²) in [5.41, 5.74) is 0.480. The maximum Gasteiger partial charge on any atom is 0.233 e. The maximum absolute atomic E-state index is 13.8. The Labute approximate surface area is 112 Å². The van der Waals surface area contributed by atoms with E-state index >= 15 is 0 Å². The van der Waals surface area contributed by atoms with E-state index in [9.17, 15) is 12.8 Å². The molecular weight excluding hydrogens is 275 g/mol. The van der Waals surface area contributed by atoms with Gasteiger partial charge in [0.2, 0.25) is 9.05 Å². The summed E-state index contributed by atoms with van der Waals surface area (Å²) in [6.45, 7) is 0. The smallest absolute Gasteiger partial charge is 0.212 e. The highest BCUT2D eigenvalue weighted by Crippen LogP contribution is 2.39. The molecule has 1 fully saturated rings. The zero-order valence-electron chi connectivity index (χ0n) is 9.98. The second-order valence-electron chi connectivity index (χ2n) is 4.88. The predicted octanol–water partition coefficient (Wildman–Crippen LogP) is 3.67. The van der Waals surface area contributed by atoms with Gasteiger partial charge in [0.15, 0.2) is 0 Å². The Kier molecular flexibility index (Phi) is 4.28. The van der Waals surface area contributed by atoms with Crippen molar-refractivity contribution in [3.63, 3.8) is 0 Å². The van der Waals surface area contributed by atoms with E-state index in [-0.39, 0.29) is 23.4 Å². The molecule has 1 aliphatic carbocycles. The van der Waals surface area contributed by atoms with Crippen LogP contribution in [0.3, 0.4) is 0 Å². The van der Waals surface area contributed by atoms with E-state index in [2.05, 4.69) is 0 Å². The van der Waals surface area contributed by atoms with Gasteiger partial charge in [-0.15, -0.1) is 0 Å². The van der Waals surface area contributed by atoms with Gasteiger partial charge in [0, 0.05) is 16.6 Å². The molecule has 0 radical (unpaired) electrons. The van der Waals surface area contributed by atoms with Gasteiger partial charge in [0.1, 0.15) is 5.82 Å². The number of hydrogen-bond acceptors (Lipinski definition) is 2. The van der Waals surface area contributed by atoms with Crippen LogP contribution >= 0.6 is 10.7 Å². The molecule has 1 aliphatic rings. The minimum atomic E-state index is -3.62. The maximum atomic E-state index is 13.8. The lowest BCUT2D eigenvalue weighted by Crippen LogP contribution is -2.19. The van der Waals surface area contributed by atoms with Gasteiger partial charge in [-0.1, -0.05) is 31.0 Å². The van der Waals surface area contributed by atoms with Gasteiger partial charge in [0.05, 0.1) is 5.75 Å². The zero-order chi connectivity index (χ0) is 13.2. The number of rotatable bonds is 4. The average Bonchev–Trinajstić information content (AvgIpc) is 2.79. The molecule has 1 aromatic carbocycles. The molecule has 0 amide bonds. The Balaban J connectivity index is 2.32. The first kappa shape index (κ1) is 13.8. The lowest BCUT2D eigenvalue weighted by atomic mass is 9.86. The molecule has 0 spiro atoms. The predicted molar refractivity (Wildman–Crippen MR) is 70.7 cm³/mol. The lowest BCUT2D eigenvalue weighted by molar-refractivity contribution is 0.443. The Morgan fingerprint density at radius 1 is 1.28 bits per heavy atom. The van der Waals surface area contributed by atoms with Crippen molar-refractivity contribution in [2.45, 2.75) is 31.6 Å². The van der Waals surface area contributed by atoms with Gasteiger partial charge >= 0.3 is 0 Å². The second kappa shape index (κ2) is 5.57. The van der Waals surface area contributed by atoms with Crippen LogP contribution < -0.4 is 0 Å². The minimum absolute atomic E-state index is 0.180. The summed E-state index contributed by atoms with van der Waals surface area (Å²) in [6.07, 6.45) is 4.06. The third-order valence-corrected chi connectivity index (χ3v) is 4.79. The van der Waals surface area contributed by atoms with Gasteiger partial charge in [-0.25, -0.2) is 12.8 Å². The van der Waals surface area contributed by atoms with Crippen molar-refractivity contribution >= 4 is 19.7 Å². The molecule has 5 heteroatoms. The van der Waals surface area contributed by atoms with Crippen LogP contribution in [0.1, 0.15) is 37.2 Å². The van der Waals surface area contributed by atoms with Crippen LogP contribution in [0.25, 0.3) is 0 Å². The van der Waals surface area contributed by atoms with E-state index in [4.69, 9.17) is 10.7 Å². The van der Waals surface area contributed by atoms with Gasteiger partial charge < -0.3 is 0 Å². The van der Waals surface area contributed by atoms with Crippen LogP contribution in [0, 0.1) is 11.7 Å². The van der Waals surface area contributed by atoms with Crippen LogP contribution in [-0.2, 0) is 9.05 Å². The van der Waals surface area contributed by atoms with Crippen LogP contribution in [0.2, 0.25) is 0 Å². The third-order valence-electron chi connectivity index (χ3n) is 3.65. The molecule has 18 heavy (non-hydrogen) atoms. The molecule has 2 rings (SSSR count). The normalized spacial score (nSPS) is 19.0. The third kappa shape index (κ3) is 3.45. The summed E-state index contributed by atoms with van der Waals surface area (Å²) in [4.78, 5) is 0. The first-order chi connectivity index (χ1) is 8.47. The molecular formula is C13H16ClFO2S. The van der Waals surface area contributed by atoms with Gasteiger partial charge in [-0.2, -0.15) is 0 Å². The Morgan fingerprint density at radius 2 is 1.89 bits per heavy atom. The van der Waals surface area contributed by atoms with Crippen molar-refractivity contribution < 1.29 is 12.8 Å². The monoisotopic (exact) mass is 290 g/mol. The lowest BCUT2D eigenvalue weighted by Gasteiger charge is -2.23. The fourth-order valence-corrected chi connectivity index (χ4v) is 4.12. The standard InChI is InChI=1S/C13H16ClFO2S/c14-18(16,17)9-12(10-5-1-2-6-10)11-7-3-4-8-13(11)15/h3-4,7-8,10,12H,1-2,5-6,9H2. The van der Waals surface area contributed by atoms with E-state index in [1.165, 1.54) is 6.07 Å². The molecule has 0 saturated heterocycles. The first-order valence-electron chi connectivity index (χ1n) is 6.14. The van der Waals surface area contributed by atoms with Crippen molar-refractivity contribution in [1.29, 1.82) is 0 Å². The number of benzene rings is 1. The molecule has 100 valence electrons. The highest BCUT2D eigenvalue weighted by Gasteiger charge is 2.31. The van der Waals surface area contributed by atoms with Crippen LogP contribution in [-0.4, -0.2) is 14.2 Å². The van der Waals surface area contributed by atoms with Crippen molar-refractivity contribution in [3.05, 3.63) is 35.6 Å². The van der Waals surface area contributed by atoms with Crippen molar-refractivity contribution in [2.24, 2.45) is 5.92 Å². The van der Waals surface area contributed by atoms with Crippen LogP contribution in [0.5, 0.6) is 0 Å². The second-order valence-corrected chi connectivity index (χ2v) is 7.70. The summed E-state index contributed by atoms with van der Waals surface area (Å²) >= 11 is 0. The van der Waals surface area contributed by atoms with E-state index in [1.54, 1.807) is 18.2 Å². The molecule has 1 atom stereocenters. The van der Waals surface area contributed by atoms with Crippen molar-refractivity contribution in [1.82, 2.24) is 0 Å². The van der Waals surface area contributed by atoms with Gasteiger partial charge in [-0.05, 0) is 30.4 Å². The van der Waals surface area contributed by atoms with Gasteiger partial charge in [-0.3, -0.25) is 0 Å². The molecule has 0 aliphatic heterocycles. The fourth-order valence-electron chi connectivity index (χ4n) is 2.83. The van der Waals surface area contributed by atoms with Crippen molar-refractivity contribution in [3.8, 4) is 0 Å². The molecule has 0 aromatic heterocycles. The fraction of sp³-hybridized carbons (Fsp3) is 0.538. The zero-order valence-corrected chi connectivity index (χ0v) is 11.6. The summed E-state index contributed by atoms with van der Waals surface area (Å²) in [5, 5.41) is 0. The summed E-state index contributed by atoms with van der Waals surface area (Å²) < 4.78 is 36.5. The molecule has 0 heterocycles. The average molecular weight is 291 g/mol. The van der Waals surface area contributed by atoms with Crippen LogP contribution in [0.15, 0.2) is 24.3 Å². The highest BCUT2D eigenvalue weighted by molar-refractivity contribution is 8.13. The molecule has 1 saturated carbocycles. The Bertz CT molecular complexity index is 509. The Hall–Kier alpha value is -0.610. The quantitative estimate of drug-likeness (QED) is 0.793. The van der Waals surface area contributed by atoms with E-state index in [0.717, 1.165) is 25.7 Å². The van der Waals surface area contributed by atoms with Gasteiger partial charge in [0.25, 0.3) is 0 Å². The van der Waals surface area contributed by atoms with Crippen LogP contribution in [0.4, 0.5) is 4.39 Å². The van der Waals surface area contributed by atoms with E-state index in [0.29, 0.717) is 5.56 Å². The summed E-state index contributed by atoms with van der Waals surface area (Å²) in [5.74, 6) is -0.624. The number of hydrogen-bond donors (Lipinski definition) is 0.